The van der Waals surface area contributed by atoms with Crippen LogP contribution in [0.4, 0.5) is 0 Å². The quantitative estimate of drug-likeness (QED) is 0.464. The number of phenolic OH excluding ortho intramolecular Hbond substituents is 1. The standard InChI is InChI=1S/C27H23NO6/c1-32-18-10-7-16(8-11-18)13-14-28-24(17-9-12-20(29)22(15-17)33-2)23-25(30)19-5-3-4-6-21(19)34-26(23)27(28)31/h3-12,15,24,29H,13-14H2,1-2H3/t24-/m1/s1. The van der Waals surface area contributed by atoms with Crippen LogP contribution in [0, 0.1) is 0 Å². The first kappa shape index (κ1) is 21.6. The van der Waals surface area contributed by atoms with Crippen LogP contribution >= 0.6 is 0 Å². The Labute approximate surface area is 195 Å². The summed E-state index contributed by atoms with van der Waals surface area (Å²) in [4.78, 5) is 28.7. The lowest BCUT2D eigenvalue weighted by Crippen LogP contribution is -2.31. The summed E-state index contributed by atoms with van der Waals surface area (Å²) in [5.41, 5.74) is 2.11. The van der Waals surface area contributed by atoms with Gasteiger partial charge in [0.15, 0.2) is 16.9 Å². The SMILES string of the molecule is COc1ccc(CCN2C(=O)c3oc4ccccc4c(=O)c3[C@H]2c2ccc(O)c(OC)c2)cc1. The van der Waals surface area contributed by atoms with E-state index in [1.807, 2.05) is 24.3 Å². The fourth-order valence-electron chi connectivity index (χ4n) is 4.45. The molecule has 0 bridgehead atoms. The first-order valence-electron chi connectivity index (χ1n) is 10.9. The third kappa shape index (κ3) is 3.55. The number of para-hydroxylation sites is 1. The van der Waals surface area contributed by atoms with E-state index in [2.05, 4.69) is 0 Å². The van der Waals surface area contributed by atoms with Crippen molar-refractivity contribution in [2.75, 3.05) is 20.8 Å². The first-order valence-corrected chi connectivity index (χ1v) is 10.9. The van der Waals surface area contributed by atoms with Crippen LogP contribution in [-0.2, 0) is 6.42 Å². The molecule has 1 aromatic heterocycles. The molecule has 0 saturated heterocycles. The molecule has 0 saturated carbocycles. The molecule has 1 aliphatic heterocycles. The van der Waals surface area contributed by atoms with E-state index in [1.165, 1.54) is 13.2 Å². The highest BCUT2D eigenvalue weighted by Crippen LogP contribution is 2.40. The van der Waals surface area contributed by atoms with Gasteiger partial charge < -0.3 is 23.9 Å². The maximum absolute atomic E-state index is 13.5. The van der Waals surface area contributed by atoms with Crippen molar-refractivity contribution in [1.29, 1.82) is 0 Å². The van der Waals surface area contributed by atoms with Crippen molar-refractivity contribution in [3.8, 4) is 17.2 Å². The molecule has 7 heteroatoms. The molecule has 2 heterocycles. The third-order valence-corrected chi connectivity index (χ3v) is 6.19. The first-order chi connectivity index (χ1) is 16.5. The van der Waals surface area contributed by atoms with Crippen molar-refractivity contribution < 1.29 is 23.8 Å². The zero-order chi connectivity index (χ0) is 23.8. The van der Waals surface area contributed by atoms with Gasteiger partial charge in [-0.05, 0) is 53.9 Å². The van der Waals surface area contributed by atoms with Crippen LogP contribution in [0.5, 0.6) is 17.2 Å². The van der Waals surface area contributed by atoms with Gasteiger partial charge in [0.1, 0.15) is 11.3 Å². The van der Waals surface area contributed by atoms with Crippen molar-refractivity contribution in [2.45, 2.75) is 12.5 Å². The molecule has 0 unspecified atom stereocenters. The van der Waals surface area contributed by atoms with Gasteiger partial charge in [0.05, 0.1) is 31.2 Å². The lowest BCUT2D eigenvalue weighted by atomic mass is 9.98. The molecule has 172 valence electrons. The number of hydrogen-bond acceptors (Lipinski definition) is 6. The molecule has 5 rings (SSSR count). The van der Waals surface area contributed by atoms with Gasteiger partial charge in [-0.15, -0.1) is 0 Å². The average molecular weight is 457 g/mol. The molecule has 7 nitrogen and oxygen atoms in total. The molecule has 0 spiro atoms. The molecular formula is C27H23NO6. The van der Waals surface area contributed by atoms with Gasteiger partial charge in [-0.3, -0.25) is 9.59 Å². The Morgan fingerprint density at radius 3 is 2.47 bits per heavy atom. The molecule has 0 fully saturated rings. The lowest BCUT2D eigenvalue weighted by molar-refractivity contribution is 0.0730. The number of benzene rings is 3. The number of fused-ring (bicyclic) bond motifs is 2. The number of hydrogen-bond donors (Lipinski definition) is 1. The van der Waals surface area contributed by atoms with Crippen LogP contribution in [-0.4, -0.2) is 36.7 Å². The van der Waals surface area contributed by atoms with E-state index in [0.29, 0.717) is 35.1 Å². The van der Waals surface area contributed by atoms with Gasteiger partial charge >= 0.3 is 0 Å². The zero-order valence-corrected chi connectivity index (χ0v) is 18.8. The Hall–Kier alpha value is -4.26. The fraction of sp³-hybridized carbons (Fsp3) is 0.185. The number of nitrogens with zero attached hydrogens (tertiary/aromatic N) is 1. The molecule has 1 atom stereocenters. The second kappa shape index (κ2) is 8.59. The van der Waals surface area contributed by atoms with Gasteiger partial charge in [-0.25, -0.2) is 0 Å². The number of carbonyl (C=O) groups is 1. The smallest absolute Gasteiger partial charge is 0.290 e. The third-order valence-electron chi connectivity index (χ3n) is 6.19. The maximum atomic E-state index is 13.5. The molecule has 4 aromatic rings. The number of carbonyl (C=O) groups excluding carboxylic acids is 1. The lowest BCUT2D eigenvalue weighted by Gasteiger charge is -2.25. The molecule has 0 aliphatic carbocycles. The summed E-state index contributed by atoms with van der Waals surface area (Å²) >= 11 is 0. The van der Waals surface area contributed by atoms with Crippen molar-refractivity contribution in [2.24, 2.45) is 0 Å². The summed E-state index contributed by atoms with van der Waals surface area (Å²) in [5, 5.41) is 10.5. The molecule has 1 N–H and O–H groups in total. The van der Waals surface area contributed by atoms with Gasteiger partial charge in [0.2, 0.25) is 5.76 Å². The summed E-state index contributed by atoms with van der Waals surface area (Å²) in [6.45, 7) is 0.360. The molecule has 0 radical (unpaired) electrons. The van der Waals surface area contributed by atoms with E-state index in [-0.39, 0.29) is 28.6 Å². The minimum Gasteiger partial charge on any atom is -0.504 e. The maximum Gasteiger partial charge on any atom is 0.290 e. The average Bonchev–Trinajstić information content (AvgIpc) is 3.15. The summed E-state index contributed by atoms with van der Waals surface area (Å²) in [7, 11) is 3.07. The van der Waals surface area contributed by atoms with Gasteiger partial charge in [-0.2, -0.15) is 0 Å². The van der Waals surface area contributed by atoms with E-state index < -0.39 is 6.04 Å². The number of amides is 1. The molecule has 1 amide bonds. The normalized spacial score (nSPS) is 14.9. The van der Waals surface area contributed by atoms with Gasteiger partial charge in [0, 0.05) is 6.54 Å². The summed E-state index contributed by atoms with van der Waals surface area (Å²) in [6.07, 6.45) is 0.573. The highest BCUT2D eigenvalue weighted by atomic mass is 16.5. The van der Waals surface area contributed by atoms with Crippen LogP contribution in [0.2, 0.25) is 0 Å². The van der Waals surface area contributed by atoms with Crippen molar-refractivity contribution in [3.63, 3.8) is 0 Å². The molecular weight excluding hydrogens is 434 g/mol. The number of methoxy groups -OCH3 is 2. The number of phenols is 1. The summed E-state index contributed by atoms with van der Waals surface area (Å²) < 4.78 is 16.5. The Kier molecular flexibility index (Phi) is 5.45. The van der Waals surface area contributed by atoms with Crippen LogP contribution in [0.15, 0.2) is 75.9 Å². The molecule has 3 aromatic carbocycles. The summed E-state index contributed by atoms with van der Waals surface area (Å²) in [5.74, 6) is 0.702. The number of rotatable bonds is 6. The highest BCUT2D eigenvalue weighted by molar-refractivity contribution is 5.99. The Morgan fingerprint density at radius 2 is 1.74 bits per heavy atom. The molecule has 1 aliphatic rings. The Bertz CT molecular complexity index is 1440. The fourth-order valence-corrected chi connectivity index (χ4v) is 4.45. The molecule has 34 heavy (non-hydrogen) atoms. The van der Waals surface area contributed by atoms with Crippen molar-refractivity contribution in [3.05, 3.63) is 99.4 Å². The van der Waals surface area contributed by atoms with Crippen LogP contribution < -0.4 is 14.9 Å². The number of ether oxygens (including phenoxy) is 2. The van der Waals surface area contributed by atoms with Gasteiger partial charge in [-0.1, -0.05) is 30.3 Å². The highest BCUT2D eigenvalue weighted by Gasteiger charge is 2.42. The summed E-state index contributed by atoms with van der Waals surface area (Å²) in [6, 6.07) is 18.7. The Morgan fingerprint density at radius 1 is 0.971 bits per heavy atom. The Balaban J connectivity index is 1.61. The van der Waals surface area contributed by atoms with E-state index >= 15 is 0 Å². The van der Waals surface area contributed by atoms with Crippen molar-refractivity contribution >= 4 is 16.9 Å². The monoisotopic (exact) mass is 457 g/mol. The van der Waals surface area contributed by atoms with Gasteiger partial charge in [0.25, 0.3) is 5.91 Å². The second-order valence-electron chi connectivity index (χ2n) is 8.10. The predicted molar refractivity (Wildman–Crippen MR) is 127 cm³/mol. The second-order valence-corrected chi connectivity index (χ2v) is 8.10. The number of aromatic hydroxyl groups is 1. The van der Waals surface area contributed by atoms with E-state index in [9.17, 15) is 14.7 Å². The van der Waals surface area contributed by atoms with Crippen molar-refractivity contribution in [1.82, 2.24) is 4.90 Å². The minimum atomic E-state index is -0.670. The van der Waals surface area contributed by atoms with E-state index in [0.717, 1.165) is 11.3 Å². The largest absolute Gasteiger partial charge is 0.504 e. The topological polar surface area (TPSA) is 89.2 Å². The zero-order valence-electron chi connectivity index (χ0n) is 18.8. The van der Waals surface area contributed by atoms with Crippen LogP contribution in [0.1, 0.15) is 33.3 Å². The van der Waals surface area contributed by atoms with E-state index in [4.69, 9.17) is 13.9 Å². The van der Waals surface area contributed by atoms with Crippen LogP contribution in [0.3, 0.4) is 0 Å². The van der Waals surface area contributed by atoms with Crippen LogP contribution in [0.25, 0.3) is 11.0 Å². The minimum absolute atomic E-state index is 0.0221. The predicted octanol–water partition coefficient (Wildman–Crippen LogP) is 4.30. The van der Waals surface area contributed by atoms with E-state index in [1.54, 1.807) is 48.4 Å².